The summed E-state index contributed by atoms with van der Waals surface area (Å²) in [5.74, 6) is -0.333. The van der Waals surface area contributed by atoms with Crippen LogP contribution in [0.15, 0.2) is 72.8 Å². The maximum Gasteiger partial charge on any atom is 0.268 e. The van der Waals surface area contributed by atoms with Crippen LogP contribution in [0.5, 0.6) is 0 Å². The van der Waals surface area contributed by atoms with E-state index in [-0.39, 0.29) is 17.2 Å². The Morgan fingerprint density at radius 2 is 1.59 bits per heavy atom. The van der Waals surface area contributed by atoms with Crippen LogP contribution in [0.2, 0.25) is 0 Å². The van der Waals surface area contributed by atoms with Crippen LogP contribution in [0.3, 0.4) is 0 Å². The molecule has 0 aliphatic rings. The molecule has 4 rings (SSSR count). The Morgan fingerprint density at radius 3 is 2.24 bits per heavy atom. The van der Waals surface area contributed by atoms with E-state index in [2.05, 4.69) is 55.7 Å². The van der Waals surface area contributed by atoms with Gasteiger partial charge in [-0.05, 0) is 59.9 Å². The van der Waals surface area contributed by atoms with Crippen molar-refractivity contribution in [3.63, 3.8) is 0 Å². The summed E-state index contributed by atoms with van der Waals surface area (Å²) in [6.45, 7) is 9.99. The molecule has 6 heteroatoms. The number of nitrogens with zero attached hydrogens (tertiary/aromatic N) is 1. The number of anilines is 1. The normalized spacial score (nSPS) is 11.5. The van der Waals surface area contributed by atoms with E-state index in [9.17, 15) is 9.59 Å². The second-order valence-electron chi connectivity index (χ2n) is 10.4. The van der Waals surface area contributed by atoms with E-state index in [1.807, 2.05) is 60.0 Å². The first-order valence-electron chi connectivity index (χ1n) is 12.5. The van der Waals surface area contributed by atoms with Crippen LogP contribution < -0.4 is 10.6 Å². The number of aryl methyl sites for hydroxylation is 1. The number of carbonyl (C=O) groups is 2. The molecule has 3 aromatic carbocycles. The maximum atomic E-state index is 13.1. The highest BCUT2D eigenvalue weighted by molar-refractivity contribution is 6.06. The average Bonchev–Trinajstić information content (AvgIpc) is 3.22. The first-order valence-corrected chi connectivity index (χ1v) is 12.5. The summed E-state index contributed by atoms with van der Waals surface area (Å²) in [6, 6.07) is 23.6. The van der Waals surface area contributed by atoms with Crippen molar-refractivity contribution >= 4 is 28.4 Å². The molecule has 0 aliphatic heterocycles. The van der Waals surface area contributed by atoms with Gasteiger partial charge in [0, 0.05) is 42.4 Å². The minimum Gasteiger partial charge on any atom is -0.383 e. The number of amides is 2. The molecule has 192 valence electrons. The summed E-state index contributed by atoms with van der Waals surface area (Å²) in [5.41, 5.74) is 6.30. The zero-order valence-electron chi connectivity index (χ0n) is 22.2. The van der Waals surface area contributed by atoms with Crippen LogP contribution in [-0.4, -0.2) is 36.6 Å². The molecule has 0 unspecified atom stereocenters. The van der Waals surface area contributed by atoms with Gasteiger partial charge in [0.1, 0.15) is 5.69 Å². The zero-order chi connectivity index (χ0) is 26.6. The third-order valence-electron chi connectivity index (χ3n) is 6.46. The van der Waals surface area contributed by atoms with Crippen molar-refractivity contribution in [2.75, 3.05) is 25.6 Å². The lowest BCUT2D eigenvalue weighted by atomic mass is 9.87. The minimum absolute atomic E-state index is 0.0739. The zero-order valence-corrected chi connectivity index (χ0v) is 22.2. The first-order chi connectivity index (χ1) is 17.7. The van der Waals surface area contributed by atoms with Crippen LogP contribution in [-0.2, 0) is 16.7 Å². The highest BCUT2D eigenvalue weighted by Crippen LogP contribution is 2.27. The highest BCUT2D eigenvalue weighted by Gasteiger charge is 2.18. The van der Waals surface area contributed by atoms with Crippen LogP contribution in [0, 0.1) is 6.92 Å². The summed E-state index contributed by atoms with van der Waals surface area (Å²) in [4.78, 5) is 25.8. The SMILES string of the molecule is COCCNC(=O)c1cc2cc(NC(=O)c3ccc(C)cc3)ccc2n1Cc1ccc(C(C)(C)C)cc1. The van der Waals surface area contributed by atoms with Gasteiger partial charge in [0.05, 0.1) is 6.61 Å². The molecule has 2 amide bonds. The highest BCUT2D eigenvalue weighted by atomic mass is 16.5. The molecule has 0 spiro atoms. The molecule has 1 heterocycles. The van der Waals surface area contributed by atoms with Crippen molar-refractivity contribution in [2.45, 2.75) is 39.7 Å². The fraction of sp³-hybridized carbons (Fsp3) is 0.290. The largest absolute Gasteiger partial charge is 0.383 e. The summed E-state index contributed by atoms with van der Waals surface area (Å²) >= 11 is 0. The quantitative estimate of drug-likeness (QED) is 0.297. The molecule has 4 aromatic rings. The molecule has 0 bridgehead atoms. The number of ether oxygens (including phenoxy) is 1. The molecule has 1 aromatic heterocycles. The van der Waals surface area contributed by atoms with Crippen molar-refractivity contribution in [1.29, 1.82) is 0 Å². The molecule has 0 radical (unpaired) electrons. The summed E-state index contributed by atoms with van der Waals surface area (Å²) in [7, 11) is 1.61. The van der Waals surface area contributed by atoms with Crippen LogP contribution in [0.25, 0.3) is 10.9 Å². The fourth-order valence-corrected chi connectivity index (χ4v) is 4.27. The molecule has 0 saturated carbocycles. The molecule has 0 saturated heterocycles. The number of hydrogen-bond donors (Lipinski definition) is 2. The van der Waals surface area contributed by atoms with Gasteiger partial charge in [-0.3, -0.25) is 9.59 Å². The Kier molecular flexibility index (Phi) is 7.79. The van der Waals surface area contributed by atoms with E-state index >= 15 is 0 Å². The number of fused-ring (bicyclic) bond motifs is 1. The summed E-state index contributed by atoms with van der Waals surface area (Å²) < 4.78 is 7.11. The van der Waals surface area contributed by atoms with Crippen molar-refractivity contribution < 1.29 is 14.3 Å². The van der Waals surface area contributed by atoms with Gasteiger partial charge in [-0.2, -0.15) is 0 Å². The Morgan fingerprint density at radius 1 is 0.892 bits per heavy atom. The maximum absolute atomic E-state index is 13.1. The number of rotatable bonds is 8. The van der Waals surface area contributed by atoms with E-state index < -0.39 is 0 Å². The molecule has 2 N–H and O–H groups in total. The molecule has 37 heavy (non-hydrogen) atoms. The van der Waals surface area contributed by atoms with Crippen LogP contribution >= 0.6 is 0 Å². The lowest BCUT2D eigenvalue weighted by Crippen LogP contribution is -2.29. The van der Waals surface area contributed by atoms with Crippen molar-refractivity contribution in [2.24, 2.45) is 0 Å². The standard InChI is InChI=1S/C31H35N3O3/c1-21-6-10-23(11-7-21)29(35)33-26-14-15-27-24(18-26)19-28(30(36)32-16-17-37-5)34(27)20-22-8-12-25(13-9-22)31(2,3)4/h6-15,18-19H,16-17,20H2,1-5H3,(H,32,36)(H,33,35). The van der Waals surface area contributed by atoms with Gasteiger partial charge in [-0.1, -0.05) is 62.7 Å². The molecule has 6 nitrogen and oxygen atoms in total. The Labute approximate surface area is 218 Å². The lowest BCUT2D eigenvalue weighted by molar-refractivity contribution is 0.0928. The summed E-state index contributed by atoms with van der Waals surface area (Å²) in [5, 5.41) is 6.79. The smallest absolute Gasteiger partial charge is 0.268 e. The topological polar surface area (TPSA) is 72.4 Å². The Bertz CT molecular complexity index is 1390. The van der Waals surface area contributed by atoms with Crippen molar-refractivity contribution in [3.8, 4) is 0 Å². The number of methoxy groups -OCH3 is 1. The number of aromatic nitrogens is 1. The molecular weight excluding hydrogens is 462 g/mol. The van der Waals surface area contributed by atoms with Crippen LogP contribution in [0.4, 0.5) is 5.69 Å². The third kappa shape index (κ3) is 6.27. The van der Waals surface area contributed by atoms with E-state index in [1.54, 1.807) is 7.11 Å². The van der Waals surface area contributed by atoms with E-state index in [0.29, 0.717) is 36.6 Å². The van der Waals surface area contributed by atoms with Crippen molar-refractivity contribution in [3.05, 3.63) is 101 Å². The molecule has 0 atom stereocenters. The van der Waals surface area contributed by atoms with Crippen molar-refractivity contribution in [1.82, 2.24) is 9.88 Å². The number of nitrogens with one attached hydrogen (secondary N) is 2. The first kappa shape index (κ1) is 26.2. The van der Waals surface area contributed by atoms with Gasteiger partial charge >= 0.3 is 0 Å². The molecule has 0 aliphatic carbocycles. The second kappa shape index (κ2) is 11.0. The second-order valence-corrected chi connectivity index (χ2v) is 10.4. The predicted molar refractivity (Wildman–Crippen MR) is 150 cm³/mol. The molecule has 0 fully saturated rings. The van der Waals surface area contributed by atoms with Gasteiger partial charge in [0.25, 0.3) is 11.8 Å². The van der Waals surface area contributed by atoms with Gasteiger partial charge in [-0.25, -0.2) is 0 Å². The van der Waals surface area contributed by atoms with E-state index in [0.717, 1.165) is 22.0 Å². The van der Waals surface area contributed by atoms with Gasteiger partial charge in [0.15, 0.2) is 0 Å². The Hall–Kier alpha value is -3.90. The van der Waals surface area contributed by atoms with Gasteiger partial charge in [-0.15, -0.1) is 0 Å². The van der Waals surface area contributed by atoms with E-state index in [4.69, 9.17) is 4.74 Å². The third-order valence-corrected chi connectivity index (χ3v) is 6.46. The fourth-order valence-electron chi connectivity index (χ4n) is 4.27. The number of benzene rings is 3. The summed E-state index contributed by atoms with van der Waals surface area (Å²) in [6.07, 6.45) is 0. The Balaban J connectivity index is 1.65. The lowest BCUT2D eigenvalue weighted by Gasteiger charge is -2.19. The monoisotopic (exact) mass is 497 g/mol. The molecular formula is C31H35N3O3. The predicted octanol–water partition coefficient (Wildman–Crippen LogP) is 5.92. The van der Waals surface area contributed by atoms with Gasteiger partial charge in [0.2, 0.25) is 0 Å². The minimum atomic E-state index is -0.171. The van der Waals surface area contributed by atoms with Crippen LogP contribution in [0.1, 0.15) is 58.3 Å². The number of hydrogen-bond acceptors (Lipinski definition) is 3. The average molecular weight is 498 g/mol. The van der Waals surface area contributed by atoms with Gasteiger partial charge < -0.3 is 19.9 Å². The van der Waals surface area contributed by atoms with E-state index in [1.165, 1.54) is 5.56 Å². The number of carbonyl (C=O) groups excluding carboxylic acids is 2.